The van der Waals surface area contributed by atoms with Crippen LogP contribution in [0.4, 0.5) is 17.1 Å². The average molecular weight is 631 g/mol. The monoisotopic (exact) mass is 630 g/mol. The van der Waals surface area contributed by atoms with Gasteiger partial charge < -0.3 is 19.9 Å². The third kappa shape index (κ3) is 4.40. The summed E-state index contributed by atoms with van der Waals surface area (Å²) >= 11 is 0. The minimum absolute atomic E-state index is 0.253. The van der Waals surface area contributed by atoms with Crippen molar-refractivity contribution in [1.82, 2.24) is 4.40 Å². The lowest BCUT2D eigenvalue weighted by Gasteiger charge is -2.15. The number of aromatic nitrogens is 1. The first-order valence-electron chi connectivity index (χ1n) is 16.5. The van der Waals surface area contributed by atoms with E-state index in [0.717, 1.165) is 83.4 Å². The summed E-state index contributed by atoms with van der Waals surface area (Å²) in [6.07, 6.45) is 10.1. The molecule has 0 aliphatic heterocycles. The van der Waals surface area contributed by atoms with Gasteiger partial charge in [-0.3, -0.25) is 0 Å². The number of rotatable bonds is 5. The number of furan rings is 1. The van der Waals surface area contributed by atoms with Gasteiger partial charge in [-0.2, -0.15) is 0 Å². The summed E-state index contributed by atoms with van der Waals surface area (Å²) in [6.45, 7) is 0. The van der Waals surface area contributed by atoms with Crippen LogP contribution in [0.3, 0.4) is 0 Å². The van der Waals surface area contributed by atoms with E-state index < -0.39 is 0 Å². The molecule has 0 amide bonds. The molecular formula is C44H30N4O. The highest BCUT2D eigenvalue weighted by Gasteiger charge is 2.22. The molecule has 49 heavy (non-hydrogen) atoms. The first kappa shape index (κ1) is 27.7. The Bertz CT molecular complexity index is 2800. The molecule has 10 rings (SSSR count). The third-order valence-corrected chi connectivity index (χ3v) is 9.71. The van der Waals surface area contributed by atoms with Crippen molar-refractivity contribution in [3.8, 4) is 22.3 Å². The second kappa shape index (κ2) is 10.8. The quantitative estimate of drug-likeness (QED) is 0.199. The Labute approximate surface area is 282 Å². The van der Waals surface area contributed by atoms with Crippen molar-refractivity contribution < 1.29 is 4.42 Å². The van der Waals surface area contributed by atoms with E-state index in [2.05, 4.69) is 125 Å². The van der Waals surface area contributed by atoms with Crippen LogP contribution in [0.1, 0.15) is 0 Å². The SMILES string of the molecule is NC1C=CC=CC1=Nc1cn2c3ccc4oc5ccccc5c4c3c3cc(-c4ccc(Nc5ccccc5)c(-c5ccccc5)c4)cc1c32. The molecule has 3 heterocycles. The molecule has 1 unspecified atom stereocenters. The molecule has 1 atom stereocenters. The summed E-state index contributed by atoms with van der Waals surface area (Å²) < 4.78 is 8.65. The molecule has 1 aliphatic carbocycles. The topological polar surface area (TPSA) is 68.0 Å². The fourth-order valence-electron chi connectivity index (χ4n) is 7.43. The van der Waals surface area contributed by atoms with Gasteiger partial charge in [0.1, 0.15) is 11.2 Å². The molecule has 1 aliphatic rings. The maximum Gasteiger partial charge on any atom is 0.136 e. The van der Waals surface area contributed by atoms with Gasteiger partial charge in [-0.1, -0.05) is 91.0 Å². The van der Waals surface area contributed by atoms with E-state index in [-0.39, 0.29) is 6.04 Å². The molecule has 6 aromatic carbocycles. The number of allylic oxidation sites excluding steroid dienone is 2. The van der Waals surface area contributed by atoms with E-state index in [0.29, 0.717) is 0 Å². The summed E-state index contributed by atoms with van der Waals surface area (Å²) in [5.41, 5.74) is 18.9. The maximum absolute atomic E-state index is 6.47. The molecular weight excluding hydrogens is 601 g/mol. The van der Waals surface area contributed by atoms with Crippen LogP contribution < -0.4 is 11.1 Å². The zero-order valence-corrected chi connectivity index (χ0v) is 26.5. The fourth-order valence-corrected chi connectivity index (χ4v) is 7.43. The predicted molar refractivity (Wildman–Crippen MR) is 205 cm³/mol. The van der Waals surface area contributed by atoms with Crippen LogP contribution in [-0.4, -0.2) is 16.2 Å². The van der Waals surface area contributed by atoms with Gasteiger partial charge in [-0.05, 0) is 77.4 Å². The normalized spacial score (nSPS) is 15.5. The summed E-state index contributed by atoms with van der Waals surface area (Å²) in [5, 5.41) is 9.35. The number of hydrogen-bond donors (Lipinski definition) is 2. The Morgan fingerprint density at radius 2 is 1.45 bits per heavy atom. The van der Waals surface area contributed by atoms with Gasteiger partial charge >= 0.3 is 0 Å². The minimum atomic E-state index is -0.253. The van der Waals surface area contributed by atoms with Crippen molar-refractivity contribution in [2.45, 2.75) is 6.04 Å². The van der Waals surface area contributed by atoms with Gasteiger partial charge in [0.25, 0.3) is 0 Å². The highest BCUT2D eigenvalue weighted by molar-refractivity contribution is 6.30. The first-order chi connectivity index (χ1) is 24.2. The molecule has 232 valence electrons. The largest absolute Gasteiger partial charge is 0.456 e. The summed E-state index contributed by atoms with van der Waals surface area (Å²) in [7, 11) is 0. The van der Waals surface area contributed by atoms with Crippen LogP contribution in [0.2, 0.25) is 0 Å². The van der Waals surface area contributed by atoms with E-state index in [4.69, 9.17) is 15.1 Å². The lowest BCUT2D eigenvalue weighted by atomic mass is 9.95. The predicted octanol–water partition coefficient (Wildman–Crippen LogP) is 11.2. The zero-order chi connectivity index (χ0) is 32.5. The molecule has 0 saturated heterocycles. The second-order valence-electron chi connectivity index (χ2n) is 12.7. The van der Waals surface area contributed by atoms with Gasteiger partial charge in [0, 0.05) is 50.1 Å². The molecule has 0 spiro atoms. The number of para-hydroxylation sites is 2. The van der Waals surface area contributed by atoms with Gasteiger partial charge in [0.2, 0.25) is 0 Å². The number of nitrogens with two attached hydrogens (primary N) is 1. The molecule has 5 nitrogen and oxygen atoms in total. The minimum Gasteiger partial charge on any atom is -0.456 e. The Morgan fingerprint density at radius 3 is 2.31 bits per heavy atom. The van der Waals surface area contributed by atoms with E-state index in [1.54, 1.807) is 0 Å². The van der Waals surface area contributed by atoms with Gasteiger partial charge in [-0.25, -0.2) is 4.99 Å². The first-order valence-corrected chi connectivity index (χ1v) is 16.5. The van der Waals surface area contributed by atoms with Crippen molar-refractivity contribution in [3.63, 3.8) is 0 Å². The molecule has 9 aromatic rings. The van der Waals surface area contributed by atoms with Crippen LogP contribution in [-0.2, 0) is 0 Å². The van der Waals surface area contributed by atoms with Crippen molar-refractivity contribution in [3.05, 3.63) is 158 Å². The van der Waals surface area contributed by atoms with E-state index >= 15 is 0 Å². The molecule has 5 heteroatoms. The maximum atomic E-state index is 6.47. The molecule has 3 N–H and O–H groups in total. The number of fused-ring (bicyclic) bond motifs is 7. The van der Waals surface area contributed by atoms with Crippen LogP contribution in [0, 0.1) is 0 Å². The molecule has 0 saturated carbocycles. The Morgan fingerprint density at radius 1 is 0.653 bits per heavy atom. The van der Waals surface area contributed by atoms with Crippen molar-refractivity contribution >= 4 is 71.9 Å². The number of hydrogen-bond acceptors (Lipinski definition) is 4. The van der Waals surface area contributed by atoms with Gasteiger partial charge in [0.05, 0.1) is 28.5 Å². The summed E-state index contributed by atoms with van der Waals surface area (Å²) in [5.74, 6) is 0. The van der Waals surface area contributed by atoms with Gasteiger partial charge in [-0.15, -0.1) is 0 Å². The van der Waals surface area contributed by atoms with E-state index in [1.807, 2.05) is 42.5 Å². The van der Waals surface area contributed by atoms with Gasteiger partial charge in [0.15, 0.2) is 0 Å². The second-order valence-corrected chi connectivity index (χ2v) is 12.7. The van der Waals surface area contributed by atoms with Crippen LogP contribution in [0.5, 0.6) is 0 Å². The molecule has 3 aromatic heterocycles. The number of nitrogens with zero attached hydrogens (tertiary/aromatic N) is 2. The van der Waals surface area contributed by atoms with E-state index in [1.165, 1.54) is 10.8 Å². The lowest BCUT2D eigenvalue weighted by Crippen LogP contribution is -2.27. The van der Waals surface area contributed by atoms with E-state index in [9.17, 15) is 0 Å². The molecule has 0 radical (unpaired) electrons. The van der Waals surface area contributed by atoms with Crippen LogP contribution >= 0.6 is 0 Å². The standard InChI is InChI=1S/C44H30N4O/c45-35-16-8-9-17-37(35)47-38-26-48-39-21-22-41-43(31-15-7-10-18-40(31)49-41)42(39)34-25-29(24-33(38)44(34)48)28-19-20-36(46-30-13-5-2-6-14-30)32(23-28)27-11-3-1-4-12-27/h1-26,35,46H,45H2. The fraction of sp³-hybridized carbons (Fsp3) is 0.0227. The molecule has 0 fully saturated rings. The average Bonchev–Trinajstić information content (AvgIpc) is 3.81. The third-order valence-electron chi connectivity index (χ3n) is 9.71. The van der Waals surface area contributed by atoms with Crippen LogP contribution in [0.25, 0.3) is 71.4 Å². The Hall–Kier alpha value is -6.43. The molecule has 0 bridgehead atoms. The van der Waals surface area contributed by atoms with Crippen LogP contribution in [0.15, 0.2) is 167 Å². The van der Waals surface area contributed by atoms with Crippen molar-refractivity contribution in [1.29, 1.82) is 0 Å². The number of nitrogens with one attached hydrogen (secondary N) is 1. The Kier molecular flexibility index (Phi) is 6.10. The number of benzene rings is 6. The highest BCUT2D eigenvalue weighted by Crippen LogP contribution is 2.46. The van der Waals surface area contributed by atoms with Crippen molar-refractivity contribution in [2.75, 3.05) is 5.32 Å². The highest BCUT2D eigenvalue weighted by atomic mass is 16.3. The smallest absolute Gasteiger partial charge is 0.136 e. The lowest BCUT2D eigenvalue weighted by molar-refractivity contribution is 0.669. The zero-order valence-electron chi connectivity index (χ0n) is 26.5. The summed E-state index contributed by atoms with van der Waals surface area (Å²) in [4.78, 5) is 5.16. The summed E-state index contributed by atoms with van der Waals surface area (Å²) in [6, 6.07) is 44.5. The van der Waals surface area contributed by atoms with Crippen molar-refractivity contribution in [2.24, 2.45) is 10.7 Å². The Balaban J connectivity index is 1.26. The number of anilines is 2. The number of aliphatic imine (C=N–C) groups is 1.